The molecular formula is C13H13BrFNO3. The highest BCUT2D eigenvalue weighted by Gasteiger charge is 2.37. The minimum Gasteiger partial charge on any atom is -0.396 e. The highest BCUT2D eigenvalue weighted by Crippen LogP contribution is 2.37. The molecule has 0 unspecified atom stereocenters. The van der Waals surface area contributed by atoms with Gasteiger partial charge < -0.3 is 10.0 Å². The number of carbonyl (C=O) groups is 2. The van der Waals surface area contributed by atoms with Crippen LogP contribution >= 0.6 is 15.9 Å². The van der Waals surface area contributed by atoms with E-state index in [0.29, 0.717) is 29.5 Å². The molecular weight excluding hydrogens is 317 g/mol. The molecule has 0 spiro atoms. The van der Waals surface area contributed by atoms with Crippen molar-refractivity contribution in [3.05, 3.63) is 28.0 Å². The van der Waals surface area contributed by atoms with Gasteiger partial charge in [0.25, 0.3) is 11.7 Å². The van der Waals surface area contributed by atoms with Gasteiger partial charge in [-0.05, 0) is 47.3 Å². The average molecular weight is 330 g/mol. The van der Waals surface area contributed by atoms with E-state index in [1.807, 2.05) is 0 Å². The monoisotopic (exact) mass is 329 g/mol. The molecule has 0 aliphatic carbocycles. The molecule has 6 heteroatoms. The first-order valence-corrected chi connectivity index (χ1v) is 6.81. The molecule has 1 N–H and O–H groups in total. The lowest BCUT2D eigenvalue weighted by molar-refractivity contribution is -0.114. The third kappa shape index (κ3) is 2.69. The van der Waals surface area contributed by atoms with Crippen molar-refractivity contribution >= 4 is 33.3 Å². The van der Waals surface area contributed by atoms with Crippen LogP contribution < -0.4 is 4.90 Å². The van der Waals surface area contributed by atoms with Crippen LogP contribution in [0.3, 0.4) is 0 Å². The summed E-state index contributed by atoms with van der Waals surface area (Å²) in [5.41, 5.74) is 0.555. The number of fused-ring (bicyclic) bond motifs is 1. The quantitative estimate of drug-likeness (QED) is 0.666. The molecule has 1 aliphatic rings. The van der Waals surface area contributed by atoms with E-state index in [1.165, 1.54) is 11.0 Å². The third-order valence-corrected chi connectivity index (χ3v) is 3.63. The SMILES string of the molecule is O=C1C(=O)N(CCCCCO)c2c(Br)cc(F)cc21. The minimum atomic E-state index is -0.669. The van der Waals surface area contributed by atoms with Crippen molar-refractivity contribution in [2.45, 2.75) is 19.3 Å². The minimum absolute atomic E-state index is 0.109. The van der Waals surface area contributed by atoms with Gasteiger partial charge in [0, 0.05) is 17.6 Å². The van der Waals surface area contributed by atoms with Gasteiger partial charge in [0.1, 0.15) is 5.82 Å². The fraction of sp³-hybridized carbons (Fsp3) is 0.385. The summed E-state index contributed by atoms with van der Waals surface area (Å²) < 4.78 is 13.7. The first-order chi connectivity index (χ1) is 9.06. The van der Waals surface area contributed by atoms with E-state index in [4.69, 9.17) is 5.11 Å². The lowest BCUT2D eigenvalue weighted by Gasteiger charge is -2.17. The van der Waals surface area contributed by atoms with E-state index in [0.717, 1.165) is 12.5 Å². The number of hydrogen-bond acceptors (Lipinski definition) is 3. The molecule has 1 aromatic carbocycles. The number of aliphatic hydroxyl groups excluding tert-OH is 1. The van der Waals surface area contributed by atoms with E-state index in [9.17, 15) is 14.0 Å². The molecule has 0 saturated carbocycles. The third-order valence-electron chi connectivity index (χ3n) is 3.02. The molecule has 4 nitrogen and oxygen atoms in total. The van der Waals surface area contributed by atoms with E-state index in [-0.39, 0.29) is 12.2 Å². The molecule has 19 heavy (non-hydrogen) atoms. The standard InChI is InChI=1S/C13H13BrFNO3/c14-10-7-8(15)6-9-11(10)16(13(19)12(9)18)4-2-1-3-5-17/h6-7,17H,1-5H2. The second-order valence-electron chi connectivity index (χ2n) is 4.35. The van der Waals surface area contributed by atoms with Crippen molar-refractivity contribution in [2.75, 3.05) is 18.1 Å². The van der Waals surface area contributed by atoms with Crippen LogP contribution in [0.1, 0.15) is 29.6 Å². The van der Waals surface area contributed by atoms with Gasteiger partial charge in [-0.3, -0.25) is 9.59 Å². The van der Waals surface area contributed by atoms with Crippen LogP contribution in [0.25, 0.3) is 0 Å². The van der Waals surface area contributed by atoms with Crippen LogP contribution in [0, 0.1) is 5.82 Å². The smallest absolute Gasteiger partial charge is 0.299 e. The highest BCUT2D eigenvalue weighted by atomic mass is 79.9. The molecule has 1 aromatic rings. The Hall–Kier alpha value is -1.27. The van der Waals surface area contributed by atoms with E-state index in [2.05, 4.69) is 15.9 Å². The Balaban J connectivity index is 2.23. The number of hydrogen-bond donors (Lipinski definition) is 1. The number of ketones is 1. The van der Waals surface area contributed by atoms with Crippen molar-refractivity contribution < 1.29 is 19.1 Å². The van der Waals surface area contributed by atoms with Gasteiger partial charge in [-0.2, -0.15) is 0 Å². The van der Waals surface area contributed by atoms with Crippen molar-refractivity contribution in [2.24, 2.45) is 0 Å². The first-order valence-electron chi connectivity index (χ1n) is 6.02. The highest BCUT2D eigenvalue weighted by molar-refractivity contribution is 9.10. The molecule has 1 aliphatic heterocycles. The molecule has 0 aromatic heterocycles. The predicted molar refractivity (Wildman–Crippen MR) is 71.7 cm³/mol. The number of amides is 1. The Bertz CT molecular complexity index is 533. The van der Waals surface area contributed by atoms with Crippen LogP contribution in [-0.2, 0) is 4.79 Å². The van der Waals surface area contributed by atoms with Gasteiger partial charge in [-0.15, -0.1) is 0 Å². The molecule has 1 amide bonds. The fourth-order valence-electron chi connectivity index (χ4n) is 2.12. The topological polar surface area (TPSA) is 57.6 Å². The van der Waals surface area contributed by atoms with E-state index in [1.54, 1.807) is 0 Å². The van der Waals surface area contributed by atoms with Crippen molar-refractivity contribution in [1.29, 1.82) is 0 Å². The number of rotatable bonds is 5. The summed E-state index contributed by atoms with van der Waals surface area (Å²) in [5, 5.41) is 8.70. The van der Waals surface area contributed by atoms with E-state index < -0.39 is 17.5 Å². The molecule has 0 radical (unpaired) electrons. The van der Waals surface area contributed by atoms with Crippen LogP contribution in [0.4, 0.5) is 10.1 Å². The summed E-state index contributed by atoms with van der Waals surface area (Å²) in [5.74, 6) is -1.84. The summed E-state index contributed by atoms with van der Waals surface area (Å²) in [6.07, 6.45) is 2.11. The number of carbonyl (C=O) groups excluding carboxylic acids is 2. The largest absolute Gasteiger partial charge is 0.396 e. The number of aliphatic hydroxyl groups is 1. The van der Waals surface area contributed by atoms with Gasteiger partial charge in [-0.1, -0.05) is 0 Å². The fourth-order valence-corrected chi connectivity index (χ4v) is 2.77. The van der Waals surface area contributed by atoms with Crippen molar-refractivity contribution in [3.8, 4) is 0 Å². The maximum Gasteiger partial charge on any atom is 0.299 e. The number of nitrogens with zero attached hydrogens (tertiary/aromatic N) is 1. The second-order valence-corrected chi connectivity index (χ2v) is 5.21. The number of benzene rings is 1. The Morgan fingerprint density at radius 1 is 1.21 bits per heavy atom. The number of anilines is 1. The Labute approximate surface area is 118 Å². The van der Waals surface area contributed by atoms with Gasteiger partial charge in [-0.25, -0.2) is 4.39 Å². The van der Waals surface area contributed by atoms with Gasteiger partial charge >= 0.3 is 0 Å². The molecule has 0 atom stereocenters. The van der Waals surface area contributed by atoms with Crippen molar-refractivity contribution in [1.82, 2.24) is 0 Å². The Kier molecular flexibility index (Phi) is 4.31. The Morgan fingerprint density at radius 2 is 1.95 bits per heavy atom. The number of Topliss-reactive ketones (excluding diaryl/α,β-unsaturated/α-hetero) is 1. The maximum atomic E-state index is 13.3. The molecule has 0 bridgehead atoms. The lowest BCUT2D eigenvalue weighted by Crippen LogP contribution is -2.30. The average Bonchev–Trinajstić information content (AvgIpc) is 2.60. The number of unbranched alkanes of at least 4 members (excludes halogenated alkanes) is 2. The predicted octanol–water partition coefficient (Wildman–Crippen LogP) is 2.28. The molecule has 0 fully saturated rings. The van der Waals surface area contributed by atoms with Crippen molar-refractivity contribution in [3.63, 3.8) is 0 Å². The summed E-state index contributed by atoms with van der Waals surface area (Å²) in [6.45, 7) is 0.500. The van der Waals surface area contributed by atoms with E-state index >= 15 is 0 Å². The molecule has 102 valence electrons. The first kappa shape index (κ1) is 14.1. The summed E-state index contributed by atoms with van der Waals surface area (Å²) >= 11 is 3.19. The normalized spacial score (nSPS) is 14.2. The summed E-state index contributed by atoms with van der Waals surface area (Å²) in [7, 11) is 0. The van der Waals surface area contributed by atoms with Crippen LogP contribution in [-0.4, -0.2) is 29.9 Å². The van der Waals surface area contributed by atoms with Crippen LogP contribution in [0.5, 0.6) is 0 Å². The second kappa shape index (κ2) is 5.79. The van der Waals surface area contributed by atoms with Crippen LogP contribution in [0.2, 0.25) is 0 Å². The van der Waals surface area contributed by atoms with Gasteiger partial charge in [0.2, 0.25) is 0 Å². The maximum absolute atomic E-state index is 13.3. The zero-order chi connectivity index (χ0) is 14.0. The lowest BCUT2D eigenvalue weighted by atomic mass is 10.1. The number of halogens is 2. The van der Waals surface area contributed by atoms with Gasteiger partial charge in [0.15, 0.2) is 0 Å². The molecule has 1 heterocycles. The van der Waals surface area contributed by atoms with Gasteiger partial charge in [0.05, 0.1) is 11.3 Å². The molecule has 2 rings (SSSR count). The summed E-state index contributed by atoms with van der Waals surface area (Å²) in [6, 6.07) is 2.33. The summed E-state index contributed by atoms with van der Waals surface area (Å²) in [4.78, 5) is 25.0. The zero-order valence-corrected chi connectivity index (χ0v) is 11.7. The van der Waals surface area contributed by atoms with Crippen LogP contribution in [0.15, 0.2) is 16.6 Å². The molecule has 0 saturated heterocycles. The Morgan fingerprint density at radius 3 is 2.63 bits per heavy atom. The zero-order valence-electron chi connectivity index (χ0n) is 10.2.